The van der Waals surface area contributed by atoms with Crippen LogP contribution in [0, 0.1) is 17.8 Å². The molecule has 2 aliphatic rings. The maximum atomic E-state index is 12.4. The Balaban J connectivity index is 1.62. The van der Waals surface area contributed by atoms with Crippen LogP contribution in [0.3, 0.4) is 0 Å². The molecule has 0 aliphatic heterocycles. The lowest BCUT2D eigenvalue weighted by Crippen LogP contribution is -2.39. The van der Waals surface area contributed by atoms with E-state index in [0.717, 1.165) is 29.3 Å². The number of fused-ring (bicyclic) bond motifs is 2. The first kappa shape index (κ1) is 16.5. The minimum atomic E-state index is -0.184. The van der Waals surface area contributed by atoms with Crippen LogP contribution in [-0.4, -0.2) is 18.9 Å². The van der Waals surface area contributed by atoms with Gasteiger partial charge in [0.1, 0.15) is 18.1 Å². The number of benzene rings is 1. The van der Waals surface area contributed by atoms with Gasteiger partial charge in [-0.25, -0.2) is 0 Å². The summed E-state index contributed by atoms with van der Waals surface area (Å²) in [6.07, 6.45) is 4.28. The zero-order valence-electron chi connectivity index (χ0n) is 13.2. The molecule has 1 aromatic carbocycles. The molecule has 0 saturated heterocycles. The van der Waals surface area contributed by atoms with E-state index in [2.05, 4.69) is 15.9 Å². The Kier molecular flexibility index (Phi) is 5.05. The van der Waals surface area contributed by atoms with Gasteiger partial charge >= 0.3 is 5.97 Å². The van der Waals surface area contributed by atoms with Gasteiger partial charge in [0.15, 0.2) is 0 Å². The summed E-state index contributed by atoms with van der Waals surface area (Å²) in [5, 5.41) is 0. The second-order valence-corrected chi connectivity index (χ2v) is 7.38. The predicted molar refractivity (Wildman–Crippen MR) is 89.1 cm³/mol. The third kappa shape index (κ3) is 3.60. The van der Waals surface area contributed by atoms with Crippen LogP contribution in [0.2, 0.25) is 0 Å². The van der Waals surface area contributed by atoms with E-state index in [0.29, 0.717) is 24.4 Å². The molecule has 0 N–H and O–H groups in total. The van der Waals surface area contributed by atoms with Crippen molar-refractivity contribution in [3.8, 4) is 5.75 Å². The zero-order valence-corrected chi connectivity index (χ0v) is 14.8. The molecule has 5 heteroatoms. The van der Waals surface area contributed by atoms with Gasteiger partial charge in [-0.05, 0) is 43.9 Å². The van der Waals surface area contributed by atoms with Crippen LogP contribution < -0.4 is 4.74 Å². The predicted octanol–water partition coefficient (Wildman–Crippen LogP) is 3.90. The van der Waals surface area contributed by atoms with Crippen molar-refractivity contribution >= 4 is 27.7 Å². The molecule has 124 valence electrons. The first-order valence-corrected chi connectivity index (χ1v) is 8.90. The summed E-state index contributed by atoms with van der Waals surface area (Å²) in [4.78, 5) is 24.5. The van der Waals surface area contributed by atoms with Gasteiger partial charge < -0.3 is 9.47 Å². The van der Waals surface area contributed by atoms with Crippen LogP contribution in [0.25, 0.3) is 0 Å². The van der Waals surface area contributed by atoms with E-state index in [1.807, 2.05) is 18.2 Å². The number of hydrogen-bond acceptors (Lipinski definition) is 4. The van der Waals surface area contributed by atoms with Gasteiger partial charge in [-0.1, -0.05) is 22.4 Å². The fourth-order valence-electron chi connectivity index (χ4n) is 3.80. The molecule has 2 saturated carbocycles. The van der Waals surface area contributed by atoms with Gasteiger partial charge in [0.25, 0.3) is 0 Å². The van der Waals surface area contributed by atoms with Gasteiger partial charge in [-0.15, -0.1) is 0 Å². The molecule has 0 spiro atoms. The standard InChI is InChI=1S/C18H21BrO4/c1-22-16-6-5-15(19)9-14(16)10-23-18(21)13-7-11-3-2-4-12(8-13)17(11)20/h5-6,9,11-13H,2-4,7-8,10H2,1H3/t11-,12-/m1/s1. The smallest absolute Gasteiger partial charge is 0.309 e. The monoisotopic (exact) mass is 380 g/mol. The largest absolute Gasteiger partial charge is 0.496 e. The Bertz CT molecular complexity index is 597. The number of carbonyl (C=O) groups excluding carboxylic acids is 2. The van der Waals surface area contributed by atoms with E-state index < -0.39 is 0 Å². The Morgan fingerprint density at radius 2 is 1.96 bits per heavy atom. The van der Waals surface area contributed by atoms with Gasteiger partial charge in [0.05, 0.1) is 13.0 Å². The number of Topliss-reactive ketones (excluding diaryl/α,β-unsaturated/α-hetero) is 1. The molecule has 0 heterocycles. The number of hydrogen-bond donors (Lipinski definition) is 0. The molecule has 0 unspecified atom stereocenters. The lowest BCUT2D eigenvalue weighted by Gasteiger charge is -2.36. The Morgan fingerprint density at radius 1 is 1.26 bits per heavy atom. The molecule has 2 bridgehead atoms. The minimum absolute atomic E-state index is 0.0699. The average Bonchev–Trinajstić information content (AvgIpc) is 2.52. The van der Waals surface area contributed by atoms with E-state index >= 15 is 0 Å². The topological polar surface area (TPSA) is 52.6 Å². The van der Waals surface area contributed by atoms with E-state index in [9.17, 15) is 9.59 Å². The third-order valence-electron chi connectivity index (χ3n) is 4.99. The number of ketones is 1. The van der Waals surface area contributed by atoms with Crippen molar-refractivity contribution in [3.05, 3.63) is 28.2 Å². The molecule has 0 radical (unpaired) electrons. The molecule has 23 heavy (non-hydrogen) atoms. The zero-order chi connectivity index (χ0) is 16.4. The number of methoxy groups -OCH3 is 1. The first-order valence-electron chi connectivity index (χ1n) is 8.11. The van der Waals surface area contributed by atoms with E-state index in [4.69, 9.17) is 9.47 Å². The Labute approximate surface area is 144 Å². The van der Waals surface area contributed by atoms with Crippen LogP contribution in [-0.2, 0) is 20.9 Å². The molecule has 0 aromatic heterocycles. The normalized spacial score (nSPS) is 26.7. The maximum absolute atomic E-state index is 12.4. The second-order valence-electron chi connectivity index (χ2n) is 6.46. The maximum Gasteiger partial charge on any atom is 0.309 e. The summed E-state index contributed by atoms with van der Waals surface area (Å²) in [6, 6.07) is 5.63. The molecular formula is C18H21BrO4. The van der Waals surface area contributed by atoms with E-state index in [-0.39, 0.29) is 30.3 Å². The summed E-state index contributed by atoms with van der Waals surface area (Å²) in [5.41, 5.74) is 0.835. The highest BCUT2D eigenvalue weighted by atomic mass is 79.9. The van der Waals surface area contributed by atoms with Crippen LogP contribution >= 0.6 is 15.9 Å². The van der Waals surface area contributed by atoms with Gasteiger partial charge in [-0.3, -0.25) is 9.59 Å². The summed E-state index contributed by atoms with van der Waals surface area (Å²) >= 11 is 3.41. The molecule has 3 rings (SSSR count). The summed E-state index contributed by atoms with van der Waals surface area (Å²) in [7, 11) is 1.60. The van der Waals surface area contributed by atoms with Crippen molar-refractivity contribution in [2.75, 3.05) is 7.11 Å². The second kappa shape index (κ2) is 7.04. The third-order valence-corrected chi connectivity index (χ3v) is 5.49. The number of ether oxygens (including phenoxy) is 2. The Morgan fingerprint density at radius 3 is 2.61 bits per heavy atom. The molecular weight excluding hydrogens is 360 g/mol. The van der Waals surface area contributed by atoms with Crippen LogP contribution in [0.5, 0.6) is 5.75 Å². The summed E-state index contributed by atoms with van der Waals surface area (Å²) < 4.78 is 11.7. The van der Waals surface area contributed by atoms with Crippen molar-refractivity contribution in [1.29, 1.82) is 0 Å². The van der Waals surface area contributed by atoms with Crippen molar-refractivity contribution in [1.82, 2.24) is 0 Å². The van der Waals surface area contributed by atoms with Crippen molar-refractivity contribution in [2.24, 2.45) is 17.8 Å². The first-order chi connectivity index (χ1) is 11.1. The Hall–Kier alpha value is -1.36. The van der Waals surface area contributed by atoms with Crippen LogP contribution in [0.15, 0.2) is 22.7 Å². The van der Waals surface area contributed by atoms with E-state index in [1.165, 1.54) is 0 Å². The quantitative estimate of drug-likeness (QED) is 0.743. The van der Waals surface area contributed by atoms with Gasteiger partial charge in [0.2, 0.25) is 0 Å². The molecule has 1 aromatic rings. The van der Waals surface area contributed by atoms with Crippen molar-refractivity contribution in [3.63, 3.8) is 0 Å². The molecule has 0 amide bonds. The van der Waals surface area contributed by atoms with Crippen LogP contribution in [0.1, 0.15) is 37.7 Å². The summed E-state index contributed by atoms with van der Waals surface area (Å²) in [6.45, 7) is 0.196. The number of rotatable bonds is 4. The minimum Gasteiger partial charge on any atom is -0.496 e. The molecule has 4 nitrogen and oxygen atoms in total. The number of esters is 1. The molecule has 2 atom stereocenters. The van der Waals surface area contributed by atoms with E-state index in [1.54, 1.807) is 7.11 Å². The summed E-state index contributed by atoms with van der Waals surface area (Å²) in [5.74, 6) is 0.893. The number of halogens is 1. The van der Waals surface area contributed by atoms with Crippen molar-refractivity contribution < 1.29 is 19.1 Å². The molecule has 2 aliphatic carbocycles. The highest BCUT2D eigenvalue weighted by Crippen LogP contribution is 2.40. The SMILES string of the molecule is COc1ccc(Br)cc1COC(=O)C1C[C@H]2CCC[C@H](C1)C2=O. The highest BCUT2D eigenvalue weighted by molar-refractivity contribution is 9.10. The lowest BCUT2D eigenvalue weighted by molar-refractivity contribution is -0.154. The number of carbonyl (C=O) groups is 2. The average molecular weight is 381 g/mol. The fourth-order valence-corrected chi connectivity index (χ4v) is 4.21. The fraction of sp³-hybridized carbons (Fsp3) is 0.556. The molecule has 2 fully saturated rings. The van der Waals surface area contributed by atoms with Gasteiger partial charge in [0, 0.05) is 21.9 Å². The van der Waals surface area contributed by atoms with Gasteiger partial charge in [-0.2, -0.15) is 0 Å². The van der Waals surface area contributed by atoms with Crippen molar-refractivity contribution in [2.45, 2.75) is 38.7 Å². The highest BCUT2D eigenvalue weighted by Gasteiger charge is 2.41. The van der Waals surface area contributed by atoms with Crippen LogP contribution in [0.4, 0.5) is 0 Å². The lowest BCUT2D eigenvalue weighted by atomic mass is 9.67.